The highest BCUT2D eigenvalue weighted by Gasteiger charge is 2.23. The minimum absolute atomic E-state index is 0.0729. The molecule has 0 spiro atoms. The first kappa shape index (κ1) is 14.9. The molecule has 1 heterocycles. The number of ether oxygens (including phenoxy) is 3. The van der Waals surface area contributed by atoms with Gasteiger partial charge in [0.15, 0.2) is 6.29 Å². The summed E-state index contributed by atoms with van der Waals surface area (Å²) in [5, 5.41) is 0.0729. The number of halogens is 1. The molecule has 18 heavy (non-hydrogen) atoms. The highest BCUT2D eigenvalue weighted by molar-refractivity contribution is 6.32. The van der Waals surface area contributed by atoms with Crippen LogP contribution in [0.4, 0.5) is 0 Å². The van der Waals surface area contributed by atoms with Gasteiger partial charge in [0.2, 0.25) is 0 Å². The van der Waals surface area contributed by atoms with Gasteiger partial charge < -0.3 is 14.2 Å². The molecule has 0 bridgehead atoms. The lowest BCUT2D eigenvalue weighted by Crippen LogP contribution is -2.15. The van der Waals surface area contributed by atoms with Crippen molar-refractivity contribution in [3.63, 3.8) is 0 Å². The molecule has 1 aromatic heterocycles. The molecule has 0 amide bonds. The van der Waals surface area contributed by atoms with Gasteiger partial charge in [0, 0.05) is 25.0 Å². The van der Waals surface area contributed by atoms with Crippen molar-refractivity contribution in [3.05, 3.63) is 28.5 Å². The summed E-state index contributed by atoms with van der Waals surface area (Å²) in [5.74, 6) is -0.562. The van der Waals surface area contributed by atoms with Crippen LogP contribution in [-0.4, -0.2) is 31.3 Å². The van der Waals surface area contributed by atoms with Gasteiger partial charge in [-0.2, -0.15) is 0 Å². The van der Waals surface area contributed by atoms with Crippen molar-refractivity contribution in [2.75, 3.05) is 20.3 Å². The Balaban J connectivity index is 3.19. The van der Waals surface area contributed by atoms with E-state index in [2.05, 4.69) is 9.72 Å². The first-order chi connectivity index (χ1) is 8.65. The third-order valence-electron chi connectivity index (χ3n) is 2.22. The largest absolute Gasteiger partial charge is 0.465 e. The normalized spacial score (nSPS) is 10.7. The van der Waals surface area contributed by atoms with Crippen LogP contribution in [0.3, 0.4) is 0 Å². The van der Waals surface area contributed by atoms with E-state index >= 15 is 0 Å². The predicted octanol–water partition coefficient (Wildman–Crippen LogP) is 2.59. The fourth-order valence-corrected chi connectivity index (χ4v) is 1.72. The molecular weight excluding hydrogens is 258 g/mol. The van der Waals surface area contributed by atoms with Crippen molar-refractivity contribution in [2.45, 2.75) is 20.1 Å². The van der Waals surface area contributed by atoms with Gasteiger partial charge in [0.1, 0.15) is 10.7 Å². The van der Waals surface area contributed by atoms with Gasteiger partial charge in [-0.15, -0.1) is 0 Å². The Hall–Kier alpha value is -1.17. The summed E-state index contributed by atoms with van der Waals surface area (Å²) < 4.78 is 15.6. The molecule has 0 aliphatic carbocycles. The number of esters is 1. The van der Waals surface area contributed by atoms with Crippen molar-refractivity contribution >= 4 is 17.6 Å². The molecule has 0 aliphatic rings. The summed E-state index contributed by atoms with van der Waals surface area (Å²) >= 11 is 5.92. The maximum atomic E-state index is 11.7. The molecule has 0 saturated heterocycles. The highest BCUT2D eigenvalue weighted by Crippen LogP contribution is 2.27. The lowest BCUT2D eigenvalue weighted by Gasteiger charge is -2.19. The van der Waals surface area contributed by atoms with E-state index < -0.39 is 12.3 Å². The summed E-state index contributed by atoms with van der Waals surface area (Å²) in [5.41, 5.74) is 0.694. The van der Waals surface area contributed by atoms with E-state index in [9.17, 15) is 4.79 Å². The van der Waals surface area contributed by atoms with Crippen LogP contribution < -0.4 is 0 Å². The van der Waals surface area contributed by atoms with Gasteiger partial charge in [-0.25, -0.2) is 9.78 Å². The fourth-order valence-electron chi connectivity index (χ4n) is 1.48. The maximum absolute atomic E-state index is 11.7. The van der Waals surface area contributed by atoms with Gasteiger partial charge in [-0.1, -0.05) is 11.6 Å². The second kappa shape index (κ2) is 7.31. The number of hydrogen-bond acceptors (Lipinski definition) is 5. The molecule has 0 fully saturated rings. The zero-order chi connectivity index (χ0) is 13.5. The van der Waals surface area contributed by atoms with Gasteiger partial charge in [0.25, 0.3) is 0 Å². The number of hydrogen-bond donors (Lipinski definition) is 0. The van der Waals surface area contributed by atoms with E-state index in [1.54, 1.807) is 6.07 Å². The summed E-state index contributed by atoms with van der Waals surface area (Å²) in [6.07, 6.45) is 0.837. The molecule has 1 aromatic rings. The number of nitrogens with zero attached hydrogens (tertiary/aromatic N) is 1. The van der Waals surface area contributed by atoms with Crippen molar-refractivity contribution < 1.29 is 19.0 Å². The molecule has 0 aliphatic heterocycles. The Morgan fingerprint density at radius 3 is 2.50 bits per heavy atom. The van der Waals surface area contributed by atoms with E-state index in [4.69, 9.17) is 21.1 Å². The predicted molar refractivity (Wildman–Crippen MR) is 66.6 cm³/mol. The second-order valence-corrected chi connectivity index (χ2v) is 3.66. The lowest BCUT2D eigenvalue weighted by atomic mass is 10.1. The Labute approximate surface area is 111 Å². The van der Waals surface area contributed by atoms with Gasteiger partial charge in [-0.3, -0.25) is 0 Å². The van der Waals surface area contributed by atoms with E-state index in [1.807, 2.05) is 13.8 Å². The molecule has 1 rings (SSSR count). The Morgan fingerprint density at radius 1 is 1.39 bits per heavy atom. The third-order valence-corrected chi connectivity index (χ3v) is 2.50. The van der Waals surface area contributed by atoms with Crippen LogP contribution in [0, 0.1) is 0 Å². The minimum Gasteiger partial charge on any atom is -0.465 e. The minimum atomic E-state index is -0.658. The molecule has 0 saturated carbocycles. The molecule has 0 unspecified atom stereocenters. The van der Waals surface area contributed by atoms with E-state index in [1.165, 1.54) is 13.3 Å². The van der Waals surface area contributed by atoms with Gasteiger partial charge >= 0.3 is 5.97 Å². The highest BCUT2D eigenvalue weighted by atomic mass is 35.5. The molecule has 5 nitrogen and oxygen atoms in total. The number of carbonyl (C=O) groups is 1. The number of methoxy groups -OCH3 is 1. The fraction of sp³-hybridized carbons (Fsp3) is 0.500. The van der Waals surface area contributed by atoms with Crippen LogP contribution in [0.5, 0.6) is 0 Å². The quantitative estimate of drug-likeness (QED) is 0.453. The summed E-state index contributed by atoms with van der Waals surface area (Å²) in [6, 6.07) is 1.63. The topological polar surface area (TPSA) is 57.7 Å². The summed E-state index contributed by atoms with van der Waals surface area (Å²) in [7, 11) is 1.28. The zero-order valence-corrected chi connectivity index (χ0v) is 11.4. The molecular formula is C12H16ClNO4. The Kier molecular flexibility index (Phi) is 6.04. The number of carbonyl (C=O) groups excluding carboxylic acids is 1. The molecule has 0 N–H and O–H groups in total. The molecule has 0 aromatic carbocycles. The molecule has 6 heteroatoms. The molecule has 100 valence electrons. The van der Waals surface area contributed by atoms with E-state index in [0.717, 1.165) is 0 Å². The summed E-state index contributed by atoms with van der Waals surface area (Å²) in [4.78, 5) is 15.6. The van der Waals surface area contributed by atoms with Crippen LogP contribution in [0.25, 0.3) is 0 Å². The van der Waals surface area contributed by atoms with Gasteiger partial charge in [-0.05, 0) is 19.9 Å². The SMILES string of the molecule is CCOC(OCC)c1ccnc(Cl)c1C(=O)OC. The lowest BCUT2D eigenvalue weighted by molar-refractivity contribution is -0.140. The van der Waals surface area contributed by atoms with Crippen molar-refractivity contribution in [2.24, 2.45) is 0 Å². The first-order valence-electron chi connectivity index (χ1n) is 5.61. The Bertz CT molecular complexity index is 405. The maximum Gasteiger partial charge on any atom is 0.341 e. The van der Waals surface area contributed by atoms with E-state index in [0.29, 0.717) is 18.8 Å². The third kappa shape index (κ3) is 3.41. The van der Waals surface area contributed by atoms with Gasteiger partial charge in [0.05, 0.1) is 7.11 Å². The Morgan fingerprint density at radius 2 is 2.00 bits per heavy atom. The summed E-state index contributed by atoms with van der Waals surface area (Å²) in [6.45, 7) is 4.58. The van der Waals surface area contributed by atoms with Crippen LogP contribution in [-0.2, 0) is 14.2 Å². The van der Waals surface area contributed by atoms with Crippen LogP contribution in [0.2, 0.25) is 5.15 Å². The average molecular weight is 274 g/mol. The number of pyridine rings is 1. The average Bonchev–Trinajstić information content (AvgIpc) is 2.37. The van der Waals surface area contributed by atoms with Crippen molar-refractivity contribution in [3.8, 4) is 0 Å². The van der Waals surface area contributed by atoms with Crippen LogP contribution in [0.1, 0.15) is 36.1 Å². The number of rotatable bonds is 6. The van der Waals surface area contributed by atoms with E-state index in [-0.39, 0.29) is 10.7 Å². The van der Waals surface area contributed by atoms with Crippen LogP contribution in [0.15, 0.2) is 12.3 Å². The standard InChI is InChI=1S/C12H16ClNO4/c1-4-17-12(18-5-2)8-6-7-14-10(13)9(8)11(15)16-3/h6-7,12H,4-5H2,1-3H3. The first-order valence-corrected chi connectivity index (χ1v) is 5.99. The van der Waals surface area contributed by atoms with Crippen molar-refractivity contribution in [1.29, 1.82) is 0 Å². The zero-order valence-electron chi connectivity index (χ0n) is 10.6. The second-order valence-electron chi connectivity index (χ2n) is 3.30. The monoisotopic (exact) mass is 273 g/mol. The smallest absolute Gasteiger partial charge is 0.341 e. The van der Waals surface area contributed by atoms with Crippen LogP contribution >= 0.6 is 11.6 Å². The molecule has 0 atom stereocenters. The molecule has 0 radical (unpaired) electrons. The number of aromatic nitrogens is 1. The van der Waals surface area contributed by atoms with Crippen molar-refractivity contribution in [1.82, 2.24) is 4.98 Å².